The van der Waals surface area contributed by atoms with E-state index in [2.05, 4.69) is 31.3 Å². The van der Waals surface area contributed by atoms with Crippen molar-refractivity contribution < 1.29 is 33.3 Å². The molecule has 43 heavy (non-hydrogen) atoms. The van der Waals surface area contributed by atoms with Gasteiger partial charge in [-0.25, -0.2) is 4.39 Å². The molecule has 3 atom stereocenters. The molecule has 2 fully saturated rings. The molecule has 1 unspecified atom stereocenters. The molecule has 3 aromatic rings. The van der Waals surface area contributed by atoms with Crippen LogP contribution in [0.1, 0.15) is 66.5 Å². The van der Waals surface area contributed by atoms with Crippen LogP contribution in [-0.2, 0) is 22.4 Å². The summed E-state index contributed by atoms with van der Waals surface area (Å²) in [6.45, 7) is 6.24. The van der Waals surface area contributed by atoms with Crippen LogP contribution in [0.3, 0.4) is 0 Å². The topological polar surface area (TPSA) is 97.3 Å². The number of carbonyl (C=O) groups excluding carboxylic acids is 1. The van der Waals surface area contributed by atoms with Gasteiger partial charge in [0.1, 0.15) is 11.6 Å². The van der Waals surface area contributed by atoms with Crippen LogP contribution in [0.25, 0.3) is 0 Å². The van der Waals surface area contributed by atoms with Gasteiger partial charge in [0.2, 0.25) is 12.7 Å². The van der Waals surface area contributed by atoms with Gasteiger partial charge >= 0.3 is 5.97 Å². The Morgan fingerprint density at radius 1 is 1.02 bits per heavy atom. The van der Waals surface area contributed by atoms with Gasteiger partial charge in [-0.15, -0.1) is 0 Å². The number of aliphatic carboxylic acids is 1. The van der Waals surface area contributed by atoms with Crippen LogP contribution >= 0.6 is 0 Å². The van der Waals surface area contributed by atoms with Crippen LogP contribution in [0.4, 0.5) is 10.1 Å². The number of hydrogen-bond donors (Lipinski definition) is 2. The molecule has 0 spiro atoms. The maximum atomic E-state index is 15.5. The Labute approximate surface area is 250 Å². The van der Waals surface area contributed by atoms with Crippen molar-refractivity contribution in [2.45, 2.75) is 64.5 Å². The van der Waals surface area contributed by atoms with Crippen LogP contribution < -0.4 is 19.5 Å². The molecule has 2 heterocycles. The molecule has 8 nitrogen and oxygen atoms in total. The molecule has 3 aromatic carbocycles. The van der Waals surface area contributed by atoms with Crippen molar-refractivity contribution in [2.24, 2.45) is 5.92 Å². The first-order valence-corrected chi connectivity index (χ1v) is 15.0. The van der Waals surface area contributed by atoms with Crippen molar-refractivity contribution in [3.63, 3.8) is 0 Å². The fourth-order valence-corrected chi connectivity index (χ4v) is 6.47. The van der Waals surface area contributed by atoms with Crippen LogP contribution in [0, 0.1) is 18.7 Å². The molecule has 3 aliphatic rings. The van der Waals surface area contributed by atoms with Crippen molar-refractivity contribution >= 4 is 17.6 Å². The zero-order chi connectivity index (χ0) is 30.2. The number of fused-ring (bicyclic) bond motifs is 1. The maximum absolute atomic E-state index is 15.5. The summed E-state index contributed by atoms with van der Waals surface area (Å²) < 4.78 is 32.2. The van der Waals surface area contributed by atoms with Gasteiger partial charge in [0.25, 0.3) is 0 Å². The van der Waals surface area contributed by atoms with Gasteiger partial charge in [-0.2, -0.15) is 0 Å². The summed E-state index contributed by atoms with van der Waals surface area (Å²) in [6, 6.07) is 13.7. The number of anilines is 1. The Morgan fingerprint density at radius 3 is 2.28 bits per heavy atom. The van der Waals surface area contributed by atoms with Gasteiger partial charge in [-0.3, -0.25) is 14.5 Å². The summed E-state index contributed by atoms with van der Waals surface area (Å²) >= 11 is 0. The third-order valence-corrected chi connectivity index (χ3v) is 8.64. The monoisotopic (exact) mass is 588 g/mol. The lowest BCUT2D eigenvalue weighted by molar-refractivity contribution is -0.143. The molecule has 6 rings (SSSR count). The van der Waals surface area contributed by atoms with Crippen LogP contribution in [0.15, 0.2) is 48.5 Å². The quantitative estimate of drug-likeness (QED) is 0.300. The first kappa shape index (κ1) is 29.0. The molecular weight excluding hydrogens is 551 g/mol. The number of carboxylic acid groups (broad SMARTS) is 1. The molecular formula is C34H37FN2O6. The van der Waals surface area contributed by atoms with Crippen molar-refractivity contribution in [3.05, 3.63) is 82.2 Å². The van der Waals surface area contributed by atoms with Gasteiger partial charge in [0.05, 0.1) is 18.6 Å². The fraction of sp³-hybridized carbons (Fsp3) is 0.412. The highest BCUT2D eigenvalue weighted by Gasteiger charge is 2.49. The molecule has 2 aliphatic heterocycles. The Kier molecular flexibility index (Phi) is 8.01. The second kappa shape index (κ2) is 11.9. The number of amides is 1. The number of ether oxygens (including phenoxy) is 3. The third-order valence-electron chi connectivity index (χ3n) is 8.64. The number of carboxylic acids is 1. The Bertz CT molecular complexity index is 1510. The van der Waals surface area contributed by atoms with E-state index in [-0.39, 0.29) is 37.5 Å². The Morgan fingerprint density at radius 2 is 1.67 bits per heavy atom. The zero-order valence-corrected chi connectivity index (χ0v) is 24.7. The number of benzene rings is 3. The van der Waals surface area contributed by atoms with Crippen LogP contribution in [0.5, 0.6) is 17.2 Å². The van der Waals surface area contributed by atoms with E-state index in [1.807, 2.05) is 36.1 Å². The summed E-state index contributed by atoms with van der Waals surface area (Å²) in [6.07, 6.45) is 3.80. The SMILES string of the molecule is CCc1cc(C)cc(CC)c1NC(=O)CN1C[C@H](c2cc3c(cc2F)OCO3)C(C(=O)O)[C@@H]1c1ccc(OC2CC2)cc1. The molecule has 1 aliphatic carbocycles. The summed E-state index contributed by atoms with van der Waals surface area (Å²) in [5.74, 6) is -2.22. The minimum absolute atomic E-state index is 0.0199. The van der Waals surface area contributed by atoms with E-state index in [1.54, 1.807) is 6.07 Å². The number of likely N-dealkylation sites (tertiary alicyclic amines) is 1. The Balaban J connectivity index is 1.34. The number of carbonyl (C=O) groups is 2. The summed E-state index contributed by atoms with van der Waals surface area (Å²) in [5.41, 5.74) is 5.02. The number of rotatable bonds is 10. The van der Waals surface area contributed by atoms with E-state index in [4.69, 9.17) is 14.2 Å². The fourth-order valence-electron chi connectivity index (χ4n) is 6.47. The zero-order valence-electron chi connectivity index (χ0n) is 24.7. The largest absolute Gasteiger partial charge is 0.490 e. The predicted molar refractivity (Wildman–Crippen MR) is 159 cm³/mol. The lowest BCUT2D eigenvalue weighted by Crippen LogP contribution is -2.35. The molecule has 1 amide bonds. The molecule has 0 radical (unpaired) electrons. The second-order valence-electron chi connectivity index (χ2n) is 11.7. The molecule has 1 saturated carbocycles. The third kappa shape index (κ3) is 5.91. The molecule has 0 aromatic heterocycles. The first-order valence-electron chi connectivity index (χ1n) is 15.0. The van der Waals surface area contributed by atoms with E-state index in [9.17, 15) is 14.7 Å². The van der Waals surface area contributed by atoms with Crippen LogP contribution in [0.2, 0.25) is 0 Å². The average molecular weight is 589 g/mol. The normalized spacial score (nSPS) is 21.2. The van der Waals surface area contributed by atoms with E-state index in [0.29, 0.717) is 11.5 Å². The van der Waals surface area contributed by atoms with Gasteiger partial charge in [0, 0.05) is 30.3 Å². The lowest BCUT2D eigenvalue weighted by Gasteiger charge is -2.27. The molecule has 9 heteroatoms. The predicted octanol–water partition coefficient (Wildman–Crippen LogP) is 6.01. The summed E-state index contributed by atoms with van der Waals surface area (Å²) in [4.78, 5) is 28.4. The van der Waals surface area contributed by atoms with Gasteiger partial charge < -0.3 is 24.6 Å². The van der Waals surface area contributed by atoms with Crippen molar-refractivity contribution in [1.82, 2.24) is 4.90 Å². The van der Waals surface area contributed by atoms with Gasteiger partial charge in [-0.05, 0) is 73.1 Å². The number of halogens is 1. The van der Waals surface area contributed by atoms with Crippen molar-refractivity contribution in [1.29, 1.82) is 0 Å². The van der Waals surface area contributed by atoms with Crippen molar-refractivity contribution in [2.75, 3.05) is 25.2 Å². The number of hydrogen-bond acceptors (Lipinski definition) is 6. The number of nitrogens with zero attached hydrogens (tertiary/aromatic N) is 1. The van der Waals surface area contributed by atoms with Crippen molar-refractivity contribution in [3.8, 4) is 17.2 Å². The van der Waals surface area contributed by atoms with E-state index in [1.165, 1.54) is 6.07 Å². The number of aryl methyl sites for hydroxylation is 3. The number of nitrogens with one attached hydrogen (secondary N) is 1. The Hall–Kier alpha value is -4.11. The molecule has 1 saturated heterocycles. The van der Waals surface area contributed by atoms with Gasteiger partial charge in [0.15, 0.2) is 11.5 Å². The highest BCUT2D eigenvalue weighted by molar-refractivity contribution is 5.94. The van der Waals surface area contributed by atoms with E-state index < -0.39 is 29.7 Å². The molecule has 0 bridgehead atoms. The first-order chi connectivity index (χ1) is 20.7. The van der Waals surface area contributed by atoms with E-state index >= 15 is 4.39 Å². The summed E-state index contributed by atoms with van der Waals surface area (Å²) in [7, 11) is 0. The standard InChI is InChI=1S/C34H37FN2O6/c1-4-20-12-19(3)13-21(5-2)32(20)36-30(38)17-37-16-26(25-14-28-29(15-27(25)35)42-18-41-28)31(34(39)40)33(37)22-6-8-23(9-7-22)43-24-10-11-24/h6-9,12-15,24,26,31,33H,4-5,10-11,16-18H2,1-3H3,(H,36,38)(H,39,40)/t26-,31?,33+/m1/s1. The minimum atomic E-state index is -1.06. The maximum Gasteiger partial charge on any atom is 0.309 e. The van der Waals surface area contributed by atoms with Gasteiger partial charge in [-0.1, -0.05) is 43.7 Å². The molecule has 226 valence electrons. The smallest absolute Gasteiger partial charge is 0.309 e. The van der Waals surface area contributed by atoms with Crippen LogP contribution in [-0.4, -0.2) is 47.9 Å². The van der Waals surface area contributed by atoms with E-state index in [0.717, 1.165) is 59.4 Å². The second-order valence-corrected chi connectivity index (χ2v) is 11.7. The molecule has 2 N–H and O–H groups in total. The highest BCUT2D eigenvalue weighted by atomic mass is 19.1. The lowest BCUT2D eigenvalue weighted by atomic mass is 9.82. The summed E-state index contributed by atoms with van der Waals surface area (Å²) in [5, 5.41) is 13.7. The average Bonchev–Trinajstić information content (AvgIpc) is 3.55. The highest BCUT2D eigenvalue weighted by Crippen LogP contribution is 2.48. The minimum Gasteiger partial charge on any atom is -0.490 e.